The van der Waals surface area contributed by atoms with Crippen molar-refractivity contribution in [3.8, 4) is 5.75 Å². The maximum Gasteiger partial charge on any atom is 0.176 e. The van der Waals surface area contributed by atoms with Gasteiger partial charge in [-0.25, -0.2) is 0 Å². The number of furan rings is 1. The first-order valence-electron chi connectivity index (χ1n) is 4.36. The van der Waals surface area contributed by atoms with Crippen LogP contribution in [0, 0.1) is 13.8 Å². The molecule has 0 unspecified atom stereocenters. The molecule has 2 rings (SSSR count). The van der Waals surface area contributed by atoms with Crippen LogP contribution in [0.15, 0.2) is 16.5 Å². The second kappa shape index (κ2) is 3.21. The maximum absolute atomic E-state index is 5.96. The van der Waals surface area contributed by atoms with Gasteiger partial charge >= 0.3 is 0 Å². The lowest BCUT2D eigenvalue weighted by Crippen LogP contribution is -1.83. The van der Waals surface area contributed by atoms with Crippen LogP contribution in [0.3, 0.4) is 0 Å². The molecule has 74 valence electrons. The summed E-state index contributed by atoms with van der Waals surface area (Å²) < 4.78 is 10.8. The molecule has 0 aliphatic heterocycles. The number of methoxy groups -OCH3 is 1. The Labute approximate surface area is 87.4 Å². The van der Waals surface area contributed by atoms with Gasteiger partial charge in [0, 0.05) is 16.5 Å². The predicted octanol–water partition coefficient (Wildman–Crippen LogP) is 3.71. The van der Waals surface area contributed by atoms with Crippen LogP contribution in [0.2, 0.25) is 5.02 Å². The van der Waals surface area contributed by atoms with Crippen LogP contribution in [-0.4, -0.2) is 7.11 Å². The zero-order valence-electron chi connectivity index (χ0n) is 8.35. The lowest BCUT2D eigenvalue weighted by atomic mass is 10.1. The van der Waals surface area contributed by atoms with Crippen molar-refractivity contribution in [2.45, 2.75) is 13.8 Å². The zero-order chi connectivity index (χ0) is 10.3. The van der Waals surface area contributed by atoms with Crippen molar-refractivity contribution in [3.63, 3.8) is 0 Å². The molecule has 1 aromatic carbocycles. The van der Waals surface area contributed by atoms with Crippen LogP contribution in [-0.2, 0) is 0 Å². The molecular weight excluding hydrogens is 200 g/mol. The highest BCUT2D eigenvalue weighted by Gasteiger charge is 2.12. The number of aryl methyl sites for hydroxylation is 2. The van der Waals surface area contributed by atoms with E-state index >= 15 is 0 Å². The summed E-state index contributed by atoms with van der Waals surface area (Å²) in [5.74, 6) is 1.59. The highest BCUT2D eigenvalue weighted by molar-refractivity contribution is 6.31. The van der Waals surface area contributed by atoms with Crippen molar-refractivity contribution in [3.05, 3.63) is 28.5 Å². The van der Waals surface area contributed by atoms with E-state index in [1.165, 1.54) is 0 Å². The monoisotopic (exact) mass is 210 g/mol. The largest absolute Gasteiger partial charge is 0.493 e. The summed E-state index contributed by atoms with van der Waals surface area (Å²) in [6.45, 7) is 3.94. The van der Waals surface area contributed by atoms with E-state index in [4.69, 9.17) is 20.8 Å². The Morgan fingerprint density at radius 1 is 1.29 bits per heavy atom. The molecule has 0 amide bonds. The second-order valence-corrected chi connectivity index (χ2v) is 3.70. The van der Waals surface area contributed by atoms with Gasteiger partial charge in [-0.1, -0.05) is 11.6 Å². The first-order chi connectivity index (χ1) is 6.63. The van der Waals surface area contributed by atoms with Gasteiger partial charge in [-0.3, -0.25) is 0 Å². The smallest absolute Gasteiger partial charge is 0.176 e. The minimum atomic E-state index is 0.665. The van der Waals surface area contributed by atoms with E-state index in [1.807, 2.05) is 19.9 Å². The molecule has 0 fully saturated rings. The van der Waals surface area contributed by atoms with E-state index < -0.39 is 0 Å². The summed E-state index contributed by atoms with van der Waals surface area (Å²) in [6.07, 6.45) is 0. The molecule has 0 aliphatic carbocycles. The Morgan fingerprint density at radius 2 is 2.00 bits per heavy atom. The molecule has 0 radical (unpaired) electrons. The van der Waals surface area contributed by atoms with Crippen molar-refractivity contribution in [1.29, 1.82) is 0 Å². The van der Waals surface area contributed by atoms with Gasteiger partial charge in [0.15, 0.2) is 11.3 Å². The summed E-state index contributed by atoms with van der Waals surface area (Å²) in [6, 6.07) is 3.65. The van der Waals surface area contributed by atoms with Crippen LogP contribution >= 0.6 is 11.6 Å². The fraction of sp³-hybridized carbons (Fsp3) is 0.273. The Bertz CT molecular complexity index is 485. The molecule has 14 heavy (non-hydrogen) atoms. The van der Waals surface area contributed by atoms with E-state index in [1.54, 1.807) is 13.2 Å². The second-order valence-electron chi connectivity index (χ2n) is 3.27. The highest BCUT2D eigenvalue weighted by atomic mass is 35.5. The van der Waals surface area contributed by atoms with Crippen molar-refractivity contribution in [2.75, 3.05) is 7.11 Å². The summed E-state index contributed by atoms with van der Waals surface area (Å²) in [4.78, 5) is 0. The molecule has 0 saturated carbocycles. The van der Waals surface area contributed by atoms with Crippen LogP contribution in [0.1, 0.15) is 11.3 Å². The summed E-state index contributed by atoms with van der Waals surface area (Å²) in [7, 11) is 1.61. The summed E-state index contributed by atoms with van der Waals surface area (Å²) in [5, 5.41) is 1.69. The van der Waals surface area contributed by atoms with Gasteiger partial charge in [-0.2, -0.15) is 0 Å². The molecule has 0 aliphatic rings. The average Bonchev–Trinajstić information content (AvgIpc) is 2.43. The van der Waals surface area contributed by atoms with E-state index in [9.17, 15) is 0 Å². The van der Waals surface area contributed by atoms with E-state index in [2.05, 4.69) is 0 Å². The Morgan fingerprint density at radius 3 is 2.64 bits per heavy atom. The summed E-state index contributed by atoms with van der Waals surface area (Å²) in [5.41, 5.74) is 1.88. The normalized spacial score (nSPS) is 10.9. The minimum absolute atomic E-state index is 0.665. The Hall–Kier alpha value is -1.15. The van der Waals surface area contributed by atoms with E-state index in [0.717, 1.165) is 22.3 Å². The molecular formula is C11H11ClO2. The van der Waals surface area contributed by atoms with Crippen molar-refractivity contribution in [1.82, 2.24) is 0 Å². The third-order valence-corrected chi connectivity index (χ3v) is 2.65. The minimum Gasteiger partial charge on any atom is -0.493 e. The standard InChI is InChI=1S/C11H11ClO2/c1-6-7(2)14-11-9(6)4-8(12)5-10(11)13-3/h4-5H,1-3H3. The predicted molar refractivity (Wildman–Crippen MR) is 57.3 cm³/mol. The number of rotatable bonds is 1. The number of halogens is 1. The number of ether oxygens (including phenoxy) is 1. The average molecular weight is 211 g/mol. The van der Waals surface area contributed by atoms with E-state index in [-0.39, 0.29) is 0 Å². The third-order valence-electron chi connectivity index (χ3n) is 2.43. The molecule has 0 bridgehead atoms. The van der Waals surface area contributed by atoms with Gasteiger partial charge in [0.2, 0.25) is 0 Å². The van der Waals surface area contributed by atoms with Crippen LogP contribution in [0.4, 0.5) is 0 Å². The van der Waals surface area contributed by atoms with Crippen molar-refractivity contribution >= 4 is 22.6 Å². The first kappa shape index (κ1) is 9.41. The fourth-order valence-electron chi connectivity index (χ4n) is 1.52. The molecule has 2 nitrogen and oxygen atoms in total. The lowest BCUT2D eigenvalue weighted by molar-refractivity contribution is 0.408. The van der Waals surface area contributed by atoms with Gasteiger partial charge in [0.1, 0.15) is 5.76 Å². The molecule has 0 atom stereocenters. The van der Waals surface area contributed by atoms with Gasteiger partial charge in [0.05, 0.1) is 7.11 Å². The lowest BCUT2D eigenvalue weighted by Gasteiger charge is -2.00. The number of benzene rings is 1. The molecule has 2 aromatic rings. The zero-order valence-corrected chi connectivity index (χ0v) is 9.11. The van der Waals surface area contributed by atoms with Gasteiger partial charge < -0.3 is 9.15 Å². The molecule has 1 aromatic heterocycles. The maximum atomic E-state index is 5.96. The Kier molecular flexibility index (Phi) is 2.16. The molecule has 0 spiro atoms. The molecule has 0 N–H and O–H groups in total. The Balaban J connectivity index is 2.87. The van der Waals surface area contributed by atoms with Crippen molar-refractivity contribution < 1.29 is 9.15 Å². The highest BCUT2D eigenvalue weighted by Crippen LogP contribution is 2.34. The third kappa shape index (κ3) is 1.26. The van der Waals surface area contributed by atoms with Crippen LogP contribution < -0.4 is 4.74 Å². The number of hydrogen-bond donors (Lipinski definition) is 0. The van der Waals surface area contributed by atoms with Gasteiger partial charge in [-0.15, -0.1) is 0 Å². The quantitative estimate of drug-likeness (QED) is 0.716. The van der Waals surface area contributed by atoms with Crippen LogP contribution in [0.25, 0.3) is 11.0 Å². The van der Waals surface area contributed by atoms with Gasteiger partial charge in [0.25, 0.3) is 0 Å². The van der Waals surface area contributed by atoms with Crippen LogP contribution in [0.5, 0.6) is 5.75 Å². The molecule has 3 heteroatoms. The SMILES string of the molecule is COc1cc(Cl)cc2c(C)c(C)oc12. The number of hydrogen-bond acceptors (Lipinski definition) is 2. The van der Waals surface area contributed by atoms with E-state index in [0.29, 0.717) is 10.8 Å². The number of fused-ring (bicyclic) bond motifs is 1. The fourth-order valence-corrected chi connectivity index (χ4v) is 1.73. The summed E-state index contributed by atoms with van der Waals surface area (Å²) >= 11 is 5.96. The van der Waals surface area contributed by atoms with Crippen molar-refractivity contribution in [2.24, 2.45) is 0 Å². The van der Waals surface area contributed by atoms with Gasteiger partial charge in [-0.05, 0) is 25.5 Å². The molecule has 0 saturated heterocycles. The topological polar surface area (TPSA) is 22.4 Å². The first-order valence-corrected chi connectivity index (χ1v) is 4.74. The molecule has 1 heterocycles.